The standard InChI is InChI=1S/C18H24O10/c1-17(2,9-26-14(23)7-5-12(19)20)10-28-16(25)18(3,4)11-27-15(24)8-6-13(21)22/h5-8H,9-11H2,1-4H3,(H,19,20)(H,21,22). The summed E-state index contributed by atoms with van der Waals surface area (Å²) in [6.45, 7) is 5.72. The van der Waals surface area contributed by atoms with Gasteiger partial charge in [-0.3, -0.25) is 4.79 Å². The second kappa shape index (κ2) is 10.9. The Morgan fingerprint density at radius 2 is 1.07 bits per heavy atom. The average Bonchev–Trinajstić information content (AvgIpc) is 2.59. The Morgan fingerprint density at radius 3 is 1.50 bits per heavy atom. The molecular weight excluding hydrogens is 376 g/mol. The van der Waals surface area contributed by atoms with Gasteiger partial charge in [0.15, 0.2) is 0 Å². The molecule has 0 amide bonds. The molecule has 0 aliphatic carbocycles. The molecule has 0 spiro atoms. The van der Waals surface area contributed by atoms with Crippen LogP contribution in [0.25, 0.3) is 0 Å². The lowest BCUT2D eigenvalue weighted by Gasteiger charge is -2.27. The quantitative estimate of drug-likeness (QED) is 0.291. The number of carbonyl (C=O) groups is 5. The molecule has 0 saturated heterocycles. The van der Waals surface area contributed by atoms with Gasteiger partial charge in [0.25, 0.3) is 0 Å². The van der Waals surface area contributed by atoms with Crippen LogP contribution in [0.1, 0.15) is 27.7 Å². The number of carboxylic acids is 2. The Labute approximate surface area is 161 Å². The molecule has 0 aliphatic rings. The maximum absolute atomic E-state index is 12.2. The van der Waals surface area contributed by atoms with E-state index in [-0.39, 0.29) is 19.8 Å². The molecule has 156 valence electrons. The zero-order chi connectivity index (χ0) is 22.0. The Kier molecular flexibility index (Phi) is 9.62. The highest BCUT2D eigenvalue weighted by molar-refractivity contribution is 5.91. The van der Waals surface area contributed by atoms with Crippen molar-refractivity contribution in [1.82, 2.24) is 0 Å². The number of hydrogen-bond acceptors (Lipinski definition) is 8. The number of carbonyl (C=O) groups excluding carboxylic acids is 3. The van der Waals surface area contributed by atoms with Crippen molar-refractivity contribution in [3.63, 3.8) is 0 Å². The Bertz CT molecular complexity index is 670. The molecule has 0 unspecified atom stereocenters. The lowest BCUT2D eigenvalue weighted by atomic mass is 9.93. The summed E-state index contributed by atoms with van der Waals surface area (Å²) >= 11 is 0. The van der Waals surface area contributed by atoms with Crippen LogP contribution < -0.4 is 0 Å². The number of rotatable bonds is 11. The van der Waals surface area contributed by atoms with Crippen LogP contribution >= 0.6 is 0 Å². The van der Waals surface area contributed by atoms with E-state index in [0.29, 0.717) is 12.2 Å². The van der Waals surface area contributed by atoms with Crippen LogP contribution in [0.3, 0.4) is 0 Å². The van der Waals surface area contributed by atoms with Gasteiger partial charge in [0, 0.05) is 29.7 Å². The van der Waals surface area contributed by atoms with Gasteiger partial charge in [-0.2, -0.15) is 0 Å². The number of ether oxygens (including phenoxy) is 3. The van der Waals surface area contributed by atoms with Gasteiger partial charge in [-0.05, 0) is 13.8 Å². The number of hydrogen-bond donors (Lipinski definition) is 2. The van der Waals surface area contributed by atoms with Crippen LogP contribution in [0, 0.1) is 10.8 Å². The largest absolute Gasteiger partial charge is 0.478 e. The first kappa shape index (κ1) is 24.8. The van der Waals surface area contributed by atoms with Gasteiger partial charge in [-0.15, -0.1) is 0 Å². The molecule has 0 bridgehead atoms. The van der Waals surface area contributed by atoms with Crippen molar-refractivity contribution < 1.29 is 48.4 Å². The SMILES string of the molecule is CC(C)(COC(=O)C=CC(=O)O)COC(=O)C(C)(C)COC(=O)C=CC(=O)O. The Hall–Kier alpha value is -3.17. The van der Waals surface area contributed by atoms with Crippen molar-refractivity contribution in [2.45, 2.75) is 27.7 Å². The highest BCUT2D eigenvalue weighted by atomic mass is 16.6. The minimum Gasteiger partial charge on any atom is -0.478 e. The summed E-state index contributed by atoms with van der Waals surface area (Å²) in [5.74, 6) is -5.02. The summed E-state index contributed by atoms with van der Waals surface area (Å²) in [7, 11) is 0. The number of carboxylic acid groups (broad SMARTS) is 2. The van der Waals surface area contributed by atoms with Crippen LogP contribution in [0.4, 0.5) is 0 Å². The van der Waals surface area contributed by atoms with Gasteiger partial charge in [0.2, 0.25) is 0 Å². The monoisotopic (exact) mass is 400 g/mol. The van der Waals surface area contributed by atoms with Crippen LogP contribution in [0.5, 0.6) is 0 Å². The average molecular weight is 400 g/mol. The van der Waals surface area contributed by atoms with E-state index in [1.807, 2.05) is 0 Å². The van der Waals surface area contributed by atoms with E-state index >= 15 is 0 Å². The molecule has 0 saturated carbocycles. The molecule has 28 heavy (non-hydrogen) atoms. The van der Waals surface area contributed by atoms with Crippen molar-refractivity contribution in [3.8, 4) is 0 Å². The molecule has 0 atom stereocenters. The Morgan fingerprint density at radius 1 is 0.679 bits per heavy atom. The van der Waals surface area contributed by atoms with Crippen LogP contribution in [0.15, 0.2) is 24.3 Å². The van der Waals surface area contributed by atoms with Gasteiger partial charge in [-0.1, -0.05) is 13.8 Å². The Balaban J connectivity index is 4.50. The van der Waals surface area contributed by atoms with Crippen molar-refractivity contribution >= 4 is 29.8 Å². The van der Waals surface area contributed by atoms with E-state index in [1.54, 1.807) is 13.8 Å². The smallest absolute Gasteiger partial charge is 0.331 e. The number of esters is 3. The molecule has 0 aromatic heterocycles. The van der Waals surface area contributed by atoms with E-state index in [2.05, 4.69) is 0 Å². The van der Waals surface area contributed by atoms with Gasteiger partial charge in [-0.25, -0.2) is 19.2 Å². The second-order valence-corrected chi connectivity index (χ2v) is 7.18. The third-order valence-electron chi connectivity index (χ3n) is 3.05. The molecule has 0 radical (unpaired) electrons. The fraction of sp³-hybridized carbons (Fsp3) is 0.500. The van der Waals surface area contributed by atoms with E-state index in [9.17, 15) is 24.0 Å². The molecule has 0 heterocycles. The first-order valence-electron chi connectivity index (χ1n) is 8.08. The van der Waals surface area contributed by atoms with Crippen LogP contribution in [0.2, 0.25) is 0 Å². The first-order chi connectivity index (χ1) is 12.7. The summed E-state index contributed by atoms with van der Waals surface area (Å²) in [5.41, 5.74) is -1.94. The van der Waals surface area contributed by atoms with Crippen LogP contribution in [-0.4, -0.2) is 59.9 Å². The topological polar surface area (TPSA) is 154 Å². The molecular formula is C18H24O10. The lowest BCUT2D eigenvalue weighted by molar-refractivity contribution is -0.164. The normalized spacial score (nSPS) is 12.0. The zero-order valence-corrected chi connectivity index (χ0v) is 16.1. The molecule has 0 aliphatic heterocycles. The summed E-state index contributed by atoms with van der Waals surface area (Å²) in [5, 5.41) is 16.9. The van der Waals surface area contributed by atoms with Crippen molar-refractivity contribution in [2.24, 2.45) is 10.8 Å². The molecule has 0 aromatic carbocycles. The third kappa shape index (κ3) is 11.4. The highest BCUT2D eigenvalue weighted by Gasteiger charge is 2.33. The molecule has 0 aromatic rings. The van der Waals surface area contributed by atoms with Crippen molar-refractivity contribution in [1.29, 1.82) is 0 Å². The summed E-state index contributed by atoms with van der Waals surface area (Å²) in [6.07, 6.45) is 2.74. The number of aliphatic carboxylic acids is 2. The minimum atomic E-state index is -1.31. The van der Waals surface area contributed by atoms with Gasteiger partial charge >= 0.3 is 29.8 Å². The van der Waals surface area contributed by atoms with Crippen molar-refractivity contribution in [2.75, 3.05) is 19.8 Å². The summed E-state index contributed by atoms with van der Waals surface area (Å²) in [6, 6.07) is 0. The fourth-order valence-corrected chi connectivity index (χ4v) is 1.45. The van der Waals surface area contributed by atoms with Crippen LogP contribution in [-0.2, 0) is 38.2 Å². The third-order valence-corrected chi connectivity index (χ3v) is 3.05. The lowest BCUT2D eigenvalue weighted by Crippen LogP contribution is -2.36. The van der Waals surface area contributed by atoms with Gasteiger partial charge < -0.3 is 24.4 Å². The van der Waals surface area contributed by atoms with E-state index in [4.69, 9.17) is 24.4 Å². The van der Waals surface area contributed by atoms with Gasteiger partial charge in [0.1, 0.15) is 6.61 Å². The van der Waals surface area contributed by atoms with Crippen molar-refractivity contribution in [3.05, 3.63) is 24.3 Å². The molecule has 0 fully saturated rings. The fourth-order valence-electron chi connectivity index (χ4n) is 1.45. The summed E-state index contributed by atoms with van der Waals surface area (Å²) < 4.78 is 14.9. The van der Waals surface area contributed by atoms with E-state index < -0.39 is 40.7 Å². The molecule has 2 N–H and O–H groups in total. The second-order valence-electron chi connectivity index (χ2n) is 7.18. The zero-order valence-electron chi connectivity index (χ0n) is 16.1. The molecule has 10 heteroatoms. The predicted molar refractivity (Wildman–Crippen MR) is 94.0 cm³/mol. The highest BCUT2D eigenvalue weighted by Crippen LogP contribution is 2.22. The first-order valence-corrected chi connectivity index (χ1v) is 8.08. The molecule has 0 rings (SSSR count). The van der Waals surface area contributed by atoms with E-state index in [1.165, 1.54) is 13.8 Å². The predicted octanol–water partition coefficient (Wildman–Crippen LogP) is 0.950. The van der Waals surface area contributed by atoms with Gasteiger partial charge in [0.05, 0.1) is 18.6 Å². The maximum Gasteiger partial charge on any atom is 0.331 e. The molecule has 10 nitrogen and oxygen atoms in total. The minimum absolute atomic E-state index is 0.113. The van der Waals surface area contributed by atoms with E-state index in [0.717, 1.165) is 12.2 Å². The maximum atomic E-state index is 12.2. The summed E-state index contributed by atoms with van der Waals surface area (Å²) in [4.78, 5) is 55.6.